The van der Waals surface area contributed by atoms with Gasteiger partial charge in [0.05, 0.1) is 11.6 Å². The van der Waals surface area contributed by atoms with Crippen LogP contribution in [0.3, 0.4) is 0 Å². The fourth-order valence-electron chi connectivity index (χ4n) is 2.23. The van der Waals surface area contributed by atoms with Gasteiger partial charge in [-0.1, -0.05) is 36.7 Å². The van der Waals surface area contributed by atoms with Gasteiger partial charge in [-0.3, -0.25) is 14.4 Å². The third-order valence-corrected chi connectivity index (χ3v) is 4.99. The minimum absolute atomic E-state index is 0.267. The number of hydrogen-bond acceptors (Lipinski definition) is 4. The van der Waals surface area contributed by atoms with Gasteiger partial charge in [0.1, 0.15) is 11.4 Å². The molecule has 0 aliphatic rings. The predicted molar refractivity (Wildman–Crippen MR) is 93.7 cm³/mol. The van der Waals surface area contributed by atoms with Gasteiger partial charge < -0.3 is 15.3 Å². The van der Waals surface area contributed by atoms with Gasteiger partial charge >= 0.3 is 5.97 Å². The molecule has 0 atom stereocenters. The topological polar surface area (TPSA) is 86.7 Å². The normalized spacial score (nSPS) is 10.6. The first-order chi connectivity index (χ1) is 11.4. The van der Waals surface area contributed by atoms with Crippen LogP contribution < -0.4 is 5.32 Å². The van der Waals surface area contributed by atoms with Gasteiger partial charge in [-0.25, -0.2) is 0 Å². The number of halogens is 1. The van der Waals surface area contributed by atoms with E-state index in [0.717, 1.165) is 10.1 Å². The number of nitrogens with zero attached hydrogens (tertiary/aromatic N) is 1. The Morgan fingerprint density at radius 1 is 1.29 bits per heavy atom. The average molecular weight is 369 g/mol. The minimum atomic E-state index is -1.09. The molecular weight excluding hydrogens is 352 g/mol. The molecule has 2 aromatic rings. The number of fused-ring (bicyclic) bond motifs is 1. The maximum atomic E-state index is 12.3. The highest BCUT2D eigenvalue weighted by molar-refractivity contribution is 7.21. The second-order valence-corrected chi connectivity index (χ2v) is 6.56. The molecule has 8 heteroatoms. The summed E-state index contributed by atoms with van der Waals surface area (Å²) in [6.45, 7) is 1.52. The lowest BCUT2D eigenvalue weighted by Crippen LogP contribution is -2.42. The van der Waals surface area contributed by atoms with E-state index in [9.17, 15) is 14.4 Å². The molecule has 6 nitrogen and oxygen atoms in total. The number of carboxylic acid groups (broad SMARTS) is 1. The molecule has 0 radical (unpaired) electrons. The lowest BCUT2D eigenvalue weighted by Gasteiger charge is -2.20. The zero-order valence-electron chi connectivity index (χ0n) is 13.0. The summed E-state index contributed by atoms with van der Waals surface area (Å²) in [4.78, 5) is 36.7. The van der Waals surface area contributed by atoms with Gasteiger partial charge in [0.2, 0.25) is 5.91 Å². The van der Waals surface area contributed by atoms with Crippen molar-refractivity contribution in [2.45, 2.75) is 13.3 Å². The molecule has 0 aliphatic carbocycles. The Balaban J connectivity index is 2.04. The van der Waals surface area contributed by atoms with Crippen LogP contribution in [0.25, 0.3) is 10.1 Å². The number of thiophene rings is 1. The fourth-order valence-corrected chi connectivity index (χ4v) is 3.67. The van der Waals surface area contributed by atoms with Gasteiger partial charge in [0, 0.05) is 16.6 Å². The van der Waals surface area contributed by atoms with Crippen molar-refractivity contribution in [3.8, 4) is 0 Å². The van der Waals surface area contributed by atoms with Crippen LogP contribution in [-0.2, 0) is 9.59 Å². The maximum absolute atomic E-state index is 12.3. The van der Waals surface area contributed by atoms with Crippen LogP contribution in [0, 0.1) is 0 Å². The van der Waals surface area contributed by atoms with E-state index in [2.05, 4.69) is 5.32 Å². The standard InChI is InChI=1S/C16H17ClN2O4S/c1-2-7-19(9-13(21)22)12(20)8-18-16(23)15-14(17)10-5-3-4-6-11(10)24-15/h3-6H,2,7-9H2,1H3,(H,18,23)(H,21,22). The van der Waals surface area contributed by atoms with Crippen molar-refractivity contribution in [3.05, 3.63) is 34.2 Å². The zero-order chi connectivity index (χ0) is 17.7. The number of amides is 2. The van der Waals surface area contributed by atoms with Gasteiger partial charge in [0.25, 0.3) is 5.91 Å². The molecule has 0 aliphatic heterocycles. The third kappa shape index (κ3) is 4.24. The Kier molecular flexibility index (Phi) is 6.16. The SMILES string of the molecule is CCCN(CC(=O)O)C(=O)CNC(=O)c1sc2ccccc2c1Cl. The zero-order valence-corrected chi connectivity index (χ0v) is 14.6. The molecule has 0 spiro atoms. The molecule has 24 heavy (non-hydrogen) atoms. The van der Waals surface area contributed by atoms with E-state index in [1.165, 1.54) is 16.2 Å². The predicted octanol–water partition coefficient (Wildman–Crippen LogP) is 2.61. The largest absolute Gasteiger partial charge is 0.480 e. The molecule has 0 fully saturated rings. The number of carbonyl (C=O) groups is 3. The summed E-state index contributed by atoms with van der Waals surface area (Å²) in [6, 6.07) is 7.38. The quantitative estimate of drug-likeness (QED) is 0.786. The van der Waals surface area contributed by atoms with Crippen LogP contribution in [0.1, 0.15) is 23.0 Å². The summed E-state index contributed by atoms with van der Waals surface area (Å²) in [5.74, 6) is -1.97. The second kappa shape index (κ2) is 8.12. The lowest BCUT2D eigenvalue weighted by atomic mass is 10.2. The minimum Gasteiger partial charge on any atom is -0.480 e. The fraction of sp³-hybridized carbons (Fsp3) is 0.312. The number of rotatable bonds is 7. The molecule has 1 aromatic carbocycles. The lowest BCUT2D eigenvalue weighted by molar-refractivity contribution is -0.144. The van der Waals surface area contributed by atoms with E-state index in [-0.39, 0.29) is 13.1 Å². The van der Waals surface area contributed by atoms with E-state index in [1.54, 1.807) is 0 Å². The van der Waals surface area contributed by atoms with Gasteiger partial charge in [-0.2, -0.15) is 0 Å². The highest BCUT2D eigenvalue weighted by atomic mass is 35.5. The summed E-state index contributed by atoms with van der Waals surface area (Å²) in [5.41, 5.74) is 0. The van der Waals surface area contributed by atoms with Gasteiger partial charge in [-0.05, 0) is 12.5 Å². The van der Waals surface area contributed by atoms with E-state index in [0.29, 0.717) is 22.9 Å². The van der Waals surface area contributed by atoms with Crippen molar-refractivity contribution in [1.82, 2.24) is 10.2 Å². The van der Waals surface area contributed by atoms with Crippen LogP contribution in [0.2, 0.25) is 5.02 Å². The Labute approximate surface area is 148 Å². The number of nitrogens with one attached hydrogen (secondary N) is 1. The smallest absolute Gasteiger partial charge is 0.323 e. The molecular formula is C16H17ClN2O4S. The van der Waals surface area contributed by atoms with Gasteiger partial charge in [-0.15, -0.1) is 11.3 Å². The Morgan fingerprint density at radius 3 is 2.62 bits per heavy atom. The van der Waals surface area contributed by atoms with Crippen LogP contribution in [0.15, 0.2) is 24.3 Å². The molecule has 2 amide bonds. The van der Waals surface area contributed by atoms with Crippen molar-refractivity contribution in [2.24, 2.45) is 0 Å². The maximum Gasteiger partial charge on any atom is 0.323 e. The molecule has 0 unspecified atom stereocenters. The number of carboxylic acids is 1. The van der Waals surface area contributed by atoms with E-state index in [1.807, 2.05) is 31.2 Å². The van der Waals surface area contributed by atoms with Crippen LogP contribution in [0.4, 0.5) is 0 Å². The van der Waals surface area contributed by atoms with E-state index >= 15 is 0 Å². The first-order valence-corrected chi connectivity index (χ1v) is 8.58. The summed E-state index contributed by atoms with van der Waals surface area (Å²) >= 11 is 7.47. The molecule has 1 aromatic heterocycles. The molecule has 0 bridgehead atoms. The first kappa shape index (κ1) is 18.2. The molecule has 0 saturated heterocycles. The van der Waals surface area contributed by atoms with Crippen molar-refractivity contribution >= 4 is 50.8 Å². The Bertz CT molecular complexity index is 775. The molecule has 0 saturated carbocycles. The second-order valence-electron chi connectivity index (χ2n) is 5.13. The Hall–Kier alpha value is -2.12. The number of carbonyl (C=O) groups excluding carboxylic acids is 2. The number of benzene rings is 1. The van der Waals surface area contributed by atoms with E-state index < -0.39 is 17.8 Å². The van der Waals surface area contributed by atoms with Crippen LogP contribution in [-0.4, -0.2) is 47.4 Å². The monoisotopic (exact) mass is 368 g/mol. The van der Waals surface area contributed by atoms with Crippen LogP contribution >= 0.6 is 22.9 Å². The van der Waals surface area contributed by atoms with Gasteiger partial charge in [0.15, 0.2) is 0 Å². The molecule has 1 heterocycles. The molecule has 2 rings (SSSR count). The number of aliphatic carboxylic acids is 1. The van der Waals surface area contributed by atoms with Crippen molar-refractivity contribution in [2.75, 3.05) is 19.6 Å². The summed E-state index contributed by atoms with van der Waals surface area (Å²) in [6.07, 6.45) is 0.634. The molecule has 2 N–H and O–H groups in total. The highest BCUT2D eigenvalue weighted by Crippen LogP contribution is 2.34. The van der Waals surface area contributed by atoms with Crippen molar-refractivity contribution in [1.29, 1.82) is 0 Å². The van der Waals surface area contributed by atoms with Crippen molar-refractivity contribution < 1.29 is 19.5 Å². The highest BCUT2D eigenvalue weighted by Gasteiger charge is 2.20. The summed E-state index contributed by atoms with van der Waals surface area (Å²) in [7, 11) is 0. The molecule has 128 valence electrons. The van der Waals surface area contributed by atoms with E-state index in [4.69, 9.17) is 16.7 Å². The summed E-state index contributed by atoms with van der Waals surface area (Å²) in [5, 5.41) is 12.5. The number of hydrogen-bond donors (Lipinski definition) is 2. The third-order valence-electron chi connectivity index (χ3n) is 3.31. The summed E-state index contributed by atoms with van der Waals surface area (Å²) < 4.78 is 0.887. The first-order valence-electron chi connectivity index (χ1n) is 7.38. The van der Waals surface area contributed by atoms with Crippen LogP contribution in [0.5, 0.6) is 0 Å². The average Bonchev–Trinajstić information content (AvgIpc) is 2.89. The van der Waals surface area contributed by atoms with Crippen molar-refractivity contribution in [3.63, 3.8) is 0 Å². The Morgan fingerprint density at radius 2 is 2.00 bits per heavy atom.